The molecule has 2 rings (SSSR count). The Bertz CT molecular complexity index is 382. The lowest BCUT2D eigenvalue weighted by Crippen LogP contribution is -2.62. The molecule has 3 atom stereocenters. The molecule has 0 spiro atoms. The van der Waals surface area contributed by atoms with E-state index in [4.69, 9.17) is 4.74 Å². The van der Waals surface area contributed by atoms with E-state index in [2.05, 4.69) is 0 Å². The summed E-state index contributed by atoms with van der Waals surface area (Å²) in [4.78, 5) is 25.5. The van der Waals surface area contributed by atoms with Crippen molar-refractivity contribution in [3.05, 3.63) is 0 Å². The van der Waals surface area contributed by atoms with Gasteiger partial charge in [0.1, 0.15) is 0 Å². The zero-order valence-electron chi connectivity index (χ0n) is 11.2. The van der Waals surface area contributed by atoms with Gasteiger partial charge >= 0.3 is 5.97 Å². The molecule has 18 heavy (non-hydrogen) atoms. The summed E-state index contributed by atoms with van der Waals surface area (Å²) in [5.41, 5.74) is -2.81. The van der Waals surface area contributed by atoms with Crippen LogP contribution in [0.25, 0.3) is 0 Å². The van der Waals surface area contributed by atoms with Crippen molar-refractivity contribution in [1.29, 1.82) is 0 Å². The van der Waals surface area contributed by atoms with Crippen LogP contribution in [-0.2, 0) is 14.3 Å². The van der Waals surface area contributed by atoms with Gasteiger partial charge in [-0.15, -0.1) is 0 Å². The number of halogens is 1. The number of amides is 1. The Balaban J connectivity index is 2.37. The average Bonchev–Trinajstić information content (AvgIpc) is 2.71. The van der Waals surface area contributed by atoms with E-state index < -0.39 is 17.0 Å². The van der Waals surface area contributed by atoms with Gasteiger partial charge in [0.25, 0.3) is 5.91 Å². The zero-order chi connectivity index (χ0) is 13.6. The van der Waals surface area contributed by atoms with Crippen molar-refractivity contribution in [2.24, 2.45) is 5.41 Å². The minimum atomic E-state index is -1.97. The number of fused-ring (bicyclic) bond motifs is 1. The predicted octanol–water partition coefficient (Wildman–Crippen LogP) is 1.68. The Hall–Kier alpha value is -1.13. The van der Waals surface area contributed by atoms with Crippen molar-refractivity contribution in [2.45, 2.75) is 51.2 Å². The normalized spacial score (nSPS) is 39.7. The van der Waals surface area contributed by atoms with Gasteiger partial charge in [-0.05, 0) is 26.7 Å². The molecule has 1 aliphatic heterocycles. The van der Waals surface area contributed by atoms with Gasteiger partial charge in [0, 0.05) is 19.5 Å². The Morgan fingerprint density at radius 3 is 2.89 bits per heavy atom. The second-order valence-corrected chi connectivity index (χ2v) is 5.57. The minimum Gasteiger partial charge on any atom is -0.466 e. The van der Waals surface area contributed by atoms with Gasteiger partial charge in [-0.25, -0.2) is 4.39 Å². The molecule has 1 heterocycles. The van der Waals surface area contributed by atoms with Crippen LogP contribution < -0.4 is 0 Å². The van der Waals surface area contributed by atoms with Gasteiger partial charge in [0.2, 0.25) is 0 Å². The van der Waals surface area contributed by atoms with Gasteiger partial charge in [0.15, 0.2) is 5.67 Å². The number of piperidine rings is 1. The molecule has 0 aromatic rings. The monoisotopic (exact) mass is 257 g/mol. The lowest BCUT2D eigenvalue weighted by Gasteiger charge is -2.47. The van der Waals surface area contributed by atoms with Gasteiger partial charge < -0.3 is 9.64 Å². The van der Waals surface area contributed by atoms with E-state index in [0.29, 0.717) is 6.42 Å². The summed E-state index contributed by atoms with van der Waals surface area (Å²) in [5, 5.41) is 0. The van der Waals surface area contributed by atoms with Crippen molar-refractivity contribution in [2.75, 3.05) is 13.7 Å². The largest absolute Gasteiger partial charge is 0.466 e. The highest BCUT2D eigenvalue weighted by Gasteiger charge is 2.62. The van der Waals surface area contributed by atoms with Crippen LogP contribution in [-0.4, -0.2) is 42.1 Å². The van der Waals surface area contributed by atoms with E-state index in [0.717, 1.165) is 12.8 Å². The maximum absolute atomic E-state index is 14.4. The Morgan fingerprint density at radius 1 is 1.61 bits per heavy atom. The Kier molecular flexibility index (Phi) is 3.11. The molecule has 0 N–H and O–H groups in total. The van der Waals surface area contributed by atoms with E-state index in [1.165, 1.54) is 11.8 Å². The molecule has 1 amide bonds. The standard InChI is InChI=1S/C13H20FNO3/c1-4-18-11(17)13-7-5-6-9(13)15(3)10(16)12(2,14)8-13/h9H,4-8H2,1-3H3/t9-,12?,13+/m1/s1. The van der Waals surface area contributed by atoms with Crippen LogP contribution in [0, 0.1) is 5.41 Å². The number of hydrogen-bond donors (Lipinski definition) is 0. The van der Waals surface area contributed by atoms with Crippen LogP contribution in [0.1, 0.15) is 39.5 Å². The molecule has 0 aromatic carbocycles. The average molecular weight is 257 g/mol. The lowest BCUT2D eigenvalue weighted by molar-refractivity contribution is -0.175. The molecule has 1 saturated heterocycles. The highest BCUT2D eigenvalue weighted by Crippen LogP contribution is 2.52. The fourth-order valence-electron chi connectivity index (χ4n) is 3.59. The van der Waals surface area contributed by atoms with E-state index in [1.54, 1.807) is 14.0 Å². The number of ether oxygens (including phenoxy) is 1. The van der Waals surface area contributed by atoms with Crippen molar-refractivity contribution in [3.63, 3.8) is 0 Å². The molecule has 0 aromatic heterocycles. The third kappa shape index (κ3) is 1.71. The quantitative estimate of drug-likeness (QED) is 0.707. The molecule has 1 aliphatic carbocycles. The van der Waals surface area contributed by atoms with Crippen LogP contribution >= 0.6 is 0 Å². The lowest BCUT2D eigenvalue weighted by atomic mass is 9.70. The summed E-state index contributed by atoms with van der Waals surface area (Å²) in [7, 11) is 1.59. The Morgan fingerprint density at radius 2 is 2.28 bits per heavy atom. The minimum absolute atomic E-state index is 0.0489. The third-order valence-electron chi connectivity index (χ3n) is 4.30. The highest BCUT2D eigenvalue weighted by molar-refractivity contribution is 5.90. The Labute approximate surface area is 106 Å². The molecule has 2 fully saturated rings. The number of carbonyl (C=O) groups is 2. The smallest absolute Gasteiger partial charge is 0.314 e. The van der Waals surface area contributed by atoms with Crippen LogP contribution in [0.5, 0.6) is 0 Å². The summed E-state index contributed by atoms with van der Waals surface area (Å²) in [6.45, 7) is 3.29. The van der Waals surface area contributed by atoms with Gasteiger partial charge in [-0.2, -0.15) is 0 Å². The van der Waals surface area contributed by atoms with E-state index in [1.807, 2.05) is 0 Å². The number of rotatable bonds is 2. The maximum atomic E-state index is 14.4. The molecule has 0 bridgehead atoms. The molecule has 0 radical (unpaired) electrons. The molecule has 1 unspecified atom stereocenters. The SMILES string of the molecule is CCOC(=O)[C@]12CCC[C@H]1N(C)C(=O)C(C)(F)C2. The first-order valence-electron chi connectivity index (χ1n) is 6.48. The first-order valence-corrected chi connectivity index (χ1v) is 6.48. The summed E-state index contributed by atoms with van der Waals surface area (Å²) in [6, 6.07) is -0.215. The summed E-state index contributed by atoms with van der Waals surface area (Å²) < 4.78 is 19.5. The van der Waals surface area contributed by atoms with E-state index in [-0.39, 0.29) is 25.0 Å². The number of esters is 1. The molecule has 102 valence electrons. The van der Waals surface area contributed by atoms with Crippen LogP contribution in [0.2, 0.25) is 0 Å². The first kappa shape index (κ1) is 13.3. The third-order valence-corrected chi connectivity index (χ3v) is 4.30. The summed E-state index contributed by atoms with van der Waals surface area (Å²) in [6.07, 6.45) is 2.13. The fraction of sp³-hybridized carbons (Fsp3) is 0.846. The topological polar surface area (TPSA) is 46.6 Å². The van der Waals surface area contributed by atoms with Crippen molar-refractivity contribution in [1.82, 2.24) is 4.90 Å². The molecule has 4 nitrogen and oxygen atoms in total. The molecular formula is C13H20FNO3. The maximum Gasteiger partial charge on any atom is 0.314 e. The molecule has 1 saturated carbocycles. The number of carbonyl (C=O) groups excluding carboxylic acids is 2. The second kappa shape index (κ2) is 4.21. The zero-order valence-corrected chi connectivity index (χ0v) is 11.2. The van der Waals surface area contributed by atoms with Gasteiger partial charge in [0.05, 0.1) is 12.0 Å². The number of hydrogen-bond acceptors (Lipinski definition) is 3. The van der Waals surface area contributed by atoms with Gasteiger partial charge in [-0.1, -0.05) is 6.42 Å². The van der Waals surface area contributed by atoms with Crippen molar-refractivity contribution < 1.29 is 18.7 Å². The molecular weight excluding hydrogens is 237 g/mol. The van der Waals surface area contributed by atoms with Crippen molar-refractivity contribution >= 4 is 11.9 Å². The predicted molar refractivity (Wildman–Crippen MR) is 63.6 cm³/mol. The highest BCUT2D eigenvalue weighted by atomic mass is 19.1. The second-order valence-electron chi connectivity index (χ2n) is 5.57. The first-order chi connectivity index (χ1) is 8.35. The summed E-state index contributed by atoms with van der Waals surface area (Å²) >= 11 is 0. The number of alkyl halides is 1. The van der Waals surface area contributed by atoms with Crippen molar-refractivity contribution in [3.8, 4) is 0 Å². The molecule has 2 aliphatic rings. The number of likely N-dealkylation sites (tertiary alicyclic amines) is 1. The number of nitrogens with zero attached hydrogens (tertiary/aromatic N) is 1. The van der Waals surface area contributed by atoms with E-state index in [9.17, 15) is 14.0 Å². The van der Waals surface area contributed by atoms with Crippen LogP contribution in [0.3, 0.4) is 0 Å². The van der Waals surface area contributed by atoms with E-state index >= 15 is 0 Å². The van der Waals surface area contributed by atoms with Crippen LogP contribution in [0.15, 0.2) is 0 Å². The summed E-state index contributed by atoms with van der Waals surface area (Å²) in [5.74, 6) is -0.870. The van der Waals surface area contributed by atoms with Crippen LogP contribution in [0.4, 0.5) is 4.39 Å². The molecule has 5 heteroatoms. The fourth-order valence-corrected chi connectivity index (χ4v) is 3.59. The van der Waals surface area contributed by atoms with Gasteiger partial charge in [-0.3, -0.25) is 9.59 Å².